The van der Waals surface area contributed by atoms with Gasteiger partial charge in [-0.25, -0.2) is 0 Å². The first-order chi connectivity index (χ1) is 23.4. The van der Waals surface area contributed by atoms with Gasteiger partial charge < -0.3 is 15.0 Å². The van der Waals surface area contributed by atoms with Gasteiger partial charge in [0.15, 0.2) is 6.61 Å². The minimum Gasteiger partial charge on any atom is -0.483 e. The Kier molecular flexibility index (Phi) is 7.04. The van der Waals surface area contributed by atoms with E-state index in [9.17, 15) is 19.2 Å². The number of aromatic nitrogens is 1. The number of hydrogen-bond acceptors (Lipinski definition) is 7. The third kappa shape index (κ3) is 4.64. The van der Waals surface area contributed by atoms with Crippen LogP contribution >= 0.6 is 34.7 Å². The zero-order valence-corrected chi connectivity index (χ0v) is 27.7. The summed E-state index contributed by atoms with van der Waals surface area (Å²) in [5.74, 6) is -1.35. The minimum atomic E-state index is -0.430. The first kappa shape index (κ1) is 29.7. The normalized spacial score (nSPS) is 26.8. The highest BCUT2D eigenvalue weighted by Gasteiger charge is 2.69. The van der Waals surface area contributed by atoms with E-state index < -0.39 is 11.8 Å². The number of thiazole rings is 1. The summed E-state index contributed by atoms with van der Waals surface area (Å²) in [7, 11) is 0. The molecule has 1 aromatic heterocycles. The van der Waals surface area contributed by atoms with Crippen molar-refractivity contribution in [2.24, 2.45) is 29.6 Å². The van der Waals surface area contributed by atoms with Crippen molar-refractivity contribution in [3.63, 3.8) is 0 Å². The van der Waals surface area contributed by atoms with Crippen LogP contribution in [0.15, 0.2) is 101 Å². The number of hydrogen-bond donors (Lipinski definition) is 2. The fourth-order valence-corrected chi connectivity index (χ4v) is 11.8. The van der Waals surface area contributed by atoms with Crippen LogP contribution in [0.4, 0.5) is 11.4 Å². The number of thioether (sulfide) groups is 1. The van der Waals surface area contributed by atoms with E-state index in [1.807, 2.05) is 66.7 Å². The van der Waals surface area contributed by atoms with Gasteiger partial charge in [0.1, 0.15) is 5.75 Å². The molecule has 48 heavy (non-hydrogen) atoms. The molecule has 0 radical (unpaired) electrons. The van der Waals surface area contributed by atoms with Crippen molar-refractivity contribution in [3.05, 3.63) is 116 Å². The Bertz CT molecular complexity index is 2200. The second-order valence-electron chi connectivity index (χ2n) is 12.9. The van der Waals surface area contributed by atoms with Crippen molar-refractivity contribution >= 4 is 74.6 Å². The lowest BCUT2D eigenvalue weighted by molar-refractivity contribution is -0.123. The Labute approximate surface area is 288 Å². The number of rotatable bonds is 6. The van der Waals surface area contributed by atoms with Crippen molar-refractivity contribution in [1.29, 1.82) is 0 Å². The fourth-order valence-electron chi connectivity index (χ4n) is 8.70. The molecule has 2 aliphatic heterocycles. The highest BCUT2D eigenvalue weighted by Crippen LogP contribution is 2.69. The molecule has 2 bridgehead atoms. The molecule has 5 aromatic rings. The van der Waals surface area contributed by atoms with Crippen molar-refractivity contribution in [2.75, 3.05) is 16.8 Å². The Morgan fingerprint density at radius 3 is 2.46 bits per heavy atom. The Morgan fingerprint density at radius 1 is 0.896 bits per heavy atom. The minimum absolute atomic E-state index is 0.00880. The van der Waals surface area contributed by atoms with E-state index in [1.165, 1.54) is 4.90 Å². The number of anilines is 2. The molecular weight excluding hydrogens is 666 g/mol. The predicted molar refractivity (Wildman–Crippen MR) is 187 cm³/mol. The number of para-hydroxylation sites is 1. The van der Waals surface area contributed by atoms with Crippen molar-refractivity contribution < 1.29 is 19.1 Å². The van der Waals surface area contributed by atoms with Gasteiger partial charge in [0.2, 0.25) is 11.8 Å². The van der Waals surface area contributed by atoms with Crippen LogP contribution in [0, 0.1) is 29.6 Å². The number of fused-ring (bicyclic) bond motifs is 10. The molecule has 6 unspecified atom stereocenters. The summed E-state index contributed by atoms with van der Waals surface area (Å²) >= 11 is 9.40. The lowest BCUT2D eigenvalue weighted by Gasteiger charge is -2.43. The van der Waals surface area contributed by atoms with Gasteiger partial charge in [0, 0.05) is 32.3 Å². The van der Waals surface area contributed by atoms with Crippen LogP contribution in [0.25, 0.3) is 10.8 Å². The number of amides is 3. The number of nitrogens with one attached hydrogen (secondary N) is 2. The van der Waals surface area contributed by atoms with E-state index in [1.54, 1.807) is 36.0 Å². The van der Waals surface area contributed by atoms with Gasteiger partial charge in [-0.05, 0) is 77.4 Å². The number of carbonyl (C=O) groups excluding carboxylic acids is 3. The van der Waals surface area contributed by atoms with Crippen molar-refractivity contribution in [3.8, 4) is 5.75 Å². The average Bonchev–Trinajstić information content (AvgIpc) is 3.83. The van der Waals surface area contributed by atoms with Crippen LogP contribution in [0.3, 0.4) is 0 Å². The van der Waals surface area contributed by atoms with E-state index >= 15 is 0 Å². The molecule has 4 aliphatic rings. The monoisotopic (exact) mass is 693 g/mol. The summed E-state index contributed by atoms with van der Waals surface area (Å²) in [4.78, 5) is 58.9. The SMILES string of the molecule is O=C(COc1ccc(Cl)cc1[C@H]1c2sc(=O)[nH]c2SC2C3CC(C4C(=O)N(c5ccccc5)C(=O)C34)C21)Nc1ccc2ccccc2c1. The van der Waals surface area contributed by atoms with Crippen LogP contribution < -0.4 is 19.8 Å². The number of ether oxygens (including phenoxy) is 1. The maximum absolute atomic E-state index is 14.0. The molecule has 0 spiro atoms. The van der Waals surface area contributed by atoms with Gasteiger partial charge in [-0.15, -0.1) is 11.8 Å². The summed E-state index contributed by atoms with van der Waals surface area (Å²) in [5, 5.41) is 6.33. The third-order valence-corrected chi connectivity index (χ3v) is 13.3. The number of nitrogens with zero attached hydrogens (tertiary/aromatic N) is 1. The fraction of sp³-hybridized carbons (Fsp3) is 0.243. The van der Waals surface area contributed by atoms with E-state index in [2.05, 4.69) is 10.3 Å². The molecule has 9 rings (SSSR count). The average molecular weight is 694 g/mol. The van der Waals surface area contributed by atoms with Crippen LogP contribution in [0.1, 0.15) is 22.8 Å². The number of halogens is 1. The molecule has 1 saturated heterocycles. The molecule has 2 aliphatic carbocycles. The first-order valence-corrected chi connectivity index (χ1v) is 18.0. The Morgan fingerprint density at radius 2 is 1.65 bits per heavy atom. The van der Waals surface area contributed by atoms with Crippen molar-refractivity contribution in [1.82, 2.24) is 4.98 Å². The lowest BCUT2D eigenvalue weighted by atomic mass is 9.68. The van der Waals surface area contributed by atoms with Crippen LogP contribution in [0.5, 0.6) is 5.75 Å². The van der Waals surface area contributed by atoms with E-state index in [0.29, 0.717) is 22.1 Å². The molecule has 3 heterocycles. The van der Waals surface area contributed by atoms with E-state index in [-0.39, 0.29) is 58.1 Å². The van der Waals surface area contributed by atoms with Gasteiger partial charge in [-0.3, -0.25) is 24.1 Å². The first-order valence-electron chi connectivity index (χ1n) is 15.9. The Balaban J connectivity index is 1.04. The van der Waals surface area contributed by atoms with Crippen molar-refractivity contribution in [2.45, 2.75) is 22.6 Å². The number of H-pyrrole nitrogens is 1. The standard InChI is InChI=1S/C37H28ClN3O5S2/c38-20-11-13-26(46-17-27(42)39-21-12-10-18-6-4-5-7-19(18)14-21)23(15-20)28-29-24-16-25(32(29)47-34-33(28)48-37(45)40-34)31-30(24)35(43)41(36(31)44)22-8-2-1-3-9-22/h1-15,24-25,28-32H,16-17H2,(H,39,42)(H,40,45)/t24?,25?,28-,29?,30?,31?,32?/m1/s1. The number of aromatic amines is 1. The van der Waals surface area contributed by atoms with E-state index in [4.69, 9.17) is 16.3 Å². The molecule has 3 amide bonds. The Hall–Kier alpha value is -4.38. The predicted octanol–water partition coefficient (Wildman–Crippen LogP) is 6.94. The quantitative estimate of drug-likeness (QED) is 0.187. The zero-order chi connectivity index (χ0) is 32.7. The highest BCUT2D eigenvalue weighted by molar-refractivity contribution is 8.00. The summed E-state index contributed by atoms with van der Waals surface area (Å²) in [5.41, 5.74) is 2.04. The van der Waals surface area contributed by atoms with Crippen LogP contribution in [-0.2, 0) is 14.4 Å². The van der Waals surface area contributed by atoms with E-state index in [0.717, 1.165) is 44.0 Å². The van der Waals surface area contributed by atoms with Crippen LogP contribution in [0.2, 0.25) is 5.02 Å². The van der Waals surface area contributed by atoms with Gasteiger partial charge >= 0.3 is 4.87 Å². The zero-order valence-electron chi connectivity index (χ0n) is 25.3. The smallest absolute Gasteiger partial charge is 0.305 e. The summed E-state index contributed by atoms with van der Waals surface area (Å²) in [6.07, 6.45) is 0.762. The number of carbonyl (C=O) groups is 3. The van der Waals surface area contributed by atoms with Gasteiger partial charge in [-0.2, -0.15) is 0 Å². The summed E-state index contributed by atoms with van der Waals surface area (Å²) in [6.45, 7) is -0.233. The maximum Gasteiger partial charge on any atom is 0.305 e. The second kappa shape index (κ2) is 11.4. The second-order valence-corrected chi connectivity index (χ2v) is 15.5. The topological polar surface area (TPSA) is 109 Å². The third-order valence-electron chi connectivity index (χ3n) is 10.4. The lowest BCUT2D eigenvalue weighted by Crippen LogP contribution is -2.42. The highest BCUT2D eigenvalue weighted by atomic mass is 35.5. The molecule has 11 heteroatoms. The number of imide groups is 1. The molecule has 2 saturated carbocycles. The van der Waals surface area contributed by atoms with Gasteiger partial charge in [-0.1, -0.05) is 71.5 Å². The van der Waals surface area contributed by atoms with Gasteiger partial charge in [0.05, 0.1) is 22.5 Å². The maximum atomic E-state index is 14.0. The molecule has 2 N–H and O–H groups in total. The molecule has 4 aromatic carbocycles. The molecule has 240 valence electrons. The number of benzene rings is 4. The molecule has 3 fully saturated rings. The molecular formula is C37H28ClN3O5S2. The van der Waals surface area contributed by atoms with Crippen LogP contribution in [-0.4, -0.2) is 34.6 Å². The summed E-state index contributed by atoms with van der Waals surface area (Å²) < 4.78 is 6.23. The molecule has 8 nitrogen and oxygen atoms in total. The molecule has 7 atom stereocenters. The van der Waals surface area contributed by atoms with Gasteiger partial charge in [0.25, 0.3) is 5.91 Å². The largest absolute Gasteiger partial charge is 0.483 e. The summed E-state index contributed by atoms with van der Waals surface area (Å²) in [6, 6.07) is 28.2.